The van der Waals surface area contributed by atoms with Gasteiger partial charge < -0.3 is 14.2 Å². The first-order valence-electron chi connectivity index (χ1n) is 11.1. The summed E-state index contributed by atoms with van der Waals surface area (Å²) in [5.41, 5.74) is 6.15. The van der Waals surface area contributed by atoms with Crippen molar-refractivity contribution < 1.29 is 9.26 Å². The Morgan fingerprint density at radius 2 is 1.85 bits per heavy atom. The lowest BCUT2D eigenvalue weighted by Crippen LogP contribution is -2.19. The zero-order valence-electron chi connectivity index (χ0n) is 18.7. The summed E-state index contributed by atoms with van der Waals surface area (Å²) in [5.74, 6) is 1.72. The molecule has 2 aromatic heterocycles. The zero-order chi connectivity index (χ0) is 22.8. The van der Waals surface area contributed by atoms with Crippen molar-refractivity contribution in [2.75, 3.05) is 25.1 Å². The first-order chi connectivity index (χ1) is 16.1. The molecule has 7 heteroatoms. The highest BCUT2D eigenvalue weighted by molar-refractivity contribution is 6.33. The van der Waals surface area contributed by atoms with Gasteiger partial charge in [-0.25, -0.2) is 4.98 Å². The van der Waals surface area contributed by atoms with Gasteiger partial charge in [0.2, 0.25) is 5.82 Å². The van der Waals surface area contributed by atoms with Gasteiger partial charge in [0.15, 0.2) is 0 Å². The van der Waals surface area contributed by atoms with Crippen LogP contribution in [-0.2, 0) is 11.3 Å². The van der Waals surface area contributed by atoms with E-state index in [1.54, 1.807) is 13.3 Å². The Bertz CT molecular complexity index is 1280. The molecule has 1 aliphatic rings. The van der Waals surface area contributed by atoms with Crippen LogP contribution < -0.4 is 4.90 Å². The number of halogens is 1. The number of aromatic nitrogens is 3. The Hall–Kier alpha value is -3.22. The van der Waals surface area contributed by atoms with Crippen LogP contribution in [0, 0.1) is 6.92 Å². The number of aryl methyl sites for hydroxylation is 1. The molecule has 0 amide bonds. The normalized spacial score (nSPS) is 13.6. The van der Waals surface area contributed by atoms with Crippen molar-refractivity contribution in [2.45, 2.75) is 26.4 Å². The Balaban J connectivity index is 1.45. The molecule has 4 aromatic rings. The number of hydrogen-bond donors (Lipinski definition) is 0. The molecule has 1 saturated heterocycles. The van der Waals surface area contributed by atoms with Gasteiger partial charge in [0, 0.05) is 37.5 Å². The van der Waals surface area contributed by atoms with E-state index in [1.165, 1.54) is 24.0 Å². The standard InChI is InChI=1S/C26H25ClN4O2/c1-17-7-3-4-8-21(17)22-10-9-18(13-20(22)16-32-2)26-29-24(30-33-26)19-14-23(27)25(28-15-19)31-11-5-6-12-31/h3-4,7-10,13-15H,5-6,11-12,16H2,1-2H3. The molecule has 0 radical (unpaired) electrons. The molecule has 5 rings (SSSR count). The van der Waals surface area contributed by atoms with Crippen LogP contribution in [0.3, 0.4) is 0 Å². The molecule has 0 bridgehead atoms. The fourth-order valence-electron chi connectivity index (χ4n) is 4.31. The van der Waals surface area contributed by atoms with Crippen LogP contribution in [0.4, 0.5) is 5.82 Å². The lowest BCUT2D eigenvalue weighted by atomic mass is 9.94. The first kappa shape index (κ1) is 21.6. The van der Waals surface area contributed by atoms with E-state index in [9.17, 15) is 0 Å². The minimum absolute atomic E-state index is 0.443. The smallest absolute Gasteiger partial charge is 0.258 e. The highest BCUT2D eigenvalue weighted by Gasteiger charge is 2.19. The highest BCUT2D eigenvalue weighted by atomic mass is 35.5. The largest absolute Gasteiger partial charge is 0.380 e. The summed E-state index contributed by atoms with van der Waals surface area (Å²) in [6, 6.07) is 16.3. The fourth-order valence-corrected chi connectivity index (χ4v) is 4.60. The van der Waals surface area contributed by atoms with E-state index in [0.29, 0.717) is 23.3 Å². The predicted molar refractivity (Wildman–Crippen MR) is 130 cm³/mol. The van der Waals surface area contributed by atoms with Gasteiger partial charge in [-0.2, -0.15) is 4.98 Å². The highest BCUT2D eigenvalue weighted by Crippen LogP contribution is 2.33. The second-order valence-electron chi connectivity index (χ2n) is 8.27. The molecule has 0 atom stereocenters. The van der Waals surface area contributed by atoms with Gasteiger partial charge in [0.25, 0.3) is 5.89 Å². The molecule has 1 fully saturated rings. The number of benzene rings is 2. The predicted octanol–water partition coefficient (Wildman–Crippen LogP) is 6.17. The number of rotatable bonds is 6. The molecule has 0 spiro atoms. The van der Waals surface area contributed by atoms with Crippen LogP contribution in [0.25, 0.3) is 34.0 Å². The molecular formula is C26H25ClN4O2. The van der Waals surface area contributed by atoms with E-state index < -0.39 is 0 Å². The van der Waals surface area contributed by atoms with E-state index in [0.717, 1.165) is 41.2 Å². The summed E-state index contributed by atoms with van der Waals surface area (Å²) in [4.78, 5) is 11.4. The third-order valence-electron chi connectivity index (χ3n) is 6.00. The number of ether oxygens (including phenoxy) is 1. The van der Waals surface area contributed by atoms with Crippen LogP contribution in [0.5, 0.6) is 0 Å². The van der Waals surface area contributed by atoms with Crippen molar-refractivity contribution >= 4 is 17.4 Å². The maximum absolute atomic E-state index is 6.52. The minimum Gasteiger partial charge on any atom is -0.380 e. The number of anilines is 1. The molecule has 2 aromatic carbocycles. The Morgan fingerprint density at radius 3 is 2.61 bits per heavy atom. The topological polar surface area (TPSA) is 64.3 Å². The quantitative estimate of drug-likeness (QED) is 0.342. The maximum atomic E-state index is 6.52. The van der Waals surface area contributed by atoms with Gasteiger partial charge in [-0.05, 0) is 60.2 Å². The molecule has 3 heterocycles. The monoisotopic (exact) mass is 460 g/mol. The van der Waals surface area contributed by atoms with Crippen molar-refractivity contribution in [3.63, 3.8) is 0 Å². The van der Waals surface area contributed by atoms with Crippen LogP contribution >= 0.6 is 11.6 Å². The maximum Gasteiger partial charge on any atom is 0.258 e. The zero-order valence-corrected chi connectivity index (χ0v) is 19.5. The molecule has 0 saturated carbocycles. The van der Waals surface area contributed by atoms with Crippen molar-refractivity contribution in [3.05, 3.63) is 70.9 Å². The van der Waals surface area contributed by atoms with Crippen LogP contribution in [0.1, 0.15) is 24.0 Å². The van der Waals surface area contributed by atoms with Crippen LogP contribution in [0.15, 0.2) is 59.3 Å². The SMILES string of the molecule is COCc1cc(-c2nc(-c3cnc(N4CCCC4)c(Cl)c3)no2)ccc1-c1ccccc1C. The molecule has 0 unspecified atom stereocenters. The molecule has 0 aliphatic carbocycles. The van der Waals surface area contributed by atoms with Gasteiger partial charge in [0.05, 0.1) is 11.6 Å². The van der Waals surface area contributed by atoms with Gasteiger partial charge >= 0.3 is 0 Å². The number of hydrogen-bond acceptors (Lipinski definition) is 6. The van der Waals surface area contributed by atoms with E-state index in [4.69, 9.17) is 20.9 Å². The summed E-state index contributed by atoms with van der Waals surface area (Å²) >= 11 is 6.52. The van der Waals surface area contributed by atoms with Gasteiger partial charge in [0.1, 0.15) is 5.82 Å². The van der Waals surface area contributed by atoms with Crippen molar-refractivity contribution in [2.24, 2.45) is 0 Å². The lowest BCUT2D eigenvalue weighted by Gasteiger charge is -2.17. The molecule has 1 aliphatic heterocycles. The van der Waals surface area contributed by atoms with Crippen molar-refractivity contribution in [1.29, 1.82) is 0 Å². The summed E-state index contributed by atoms with van der Waals surface area (Å²) in [6.07, 6.45) is 4.09. The van der Waals surface area contributed by atoms with Gasteiger partial charge in [-0.3, -0.25) is 0 Å². The van der Waals surface area contributed by atoms with E-state index in [2.05, 4.69) is 45.1 Å². The Kier molecular flexibility index (Phi) is 6.11. The Morgan fingerprint density at radius 1 is 1.03 bits per heavy atom. The molecule has 33 heavy (non-hydrogen) atoms. The number of pyridine rings is 1. The summed E-state index contributed by atoms with van der Waals surface area (Å²) in [5, 5.41) is 4.77. The van der Waals surface area contributed by atoms with E-state index >= 15 is 0 Å². The molecule has 6 nitrogen and oxygen atoms in total. The first-order valence-corrected chi connectivity index (χ1v) is 11.4. The van der Waals surface area contributed by atoms with Crippen molar-refractivity contribution in [1.82, 2.24) is 15.1 Å². The average Bonchev–Trinajstić information content (AvgIpc) is 3.53. The summed E-state index contributed by atoms with van der Waals surface area (Å²) in [6.45, 7) is 4.57. The second kappa shape index (κ2) is 9.33. The fraction of sp³-hybridized carbons (Fsp3) is 0.269. The average molecular weight is 461 g/mol. The number of methoxy groups -OCH3 is 1. The Labute approximate surface area is 198 Å². The third-order valence-corrected chi connectivity index (χ3v) is 6.28. The summed E-state index contributed by atoms with van der Waals surface area (Å²) < 4.78 is 11.1. The summed E-state index contributed by atoms with van der Waals surface area (Å²) in [7, 11) is 1.70. The van der Waals surface area contributed by atoms with Gasteiger partial charge in [-0.15, -0.1) is 0 Å². The van der Waals surface area contributed by atoms with Crippen LogP contribution in [-0.4, -0.2) is 35.3 Å². The molecule has 0 N–H and O–H groups in total. The minimum atomic E-state index is 0.443. The molecule has 168 valence electrons. The van der Waals surface area contributed by atoms with E-state index in [1.807, 2.05) is 30.3 Å². The third kappa shape index (κ3) is 4.36. The van der Waals surface area contributed by atoms with Gasteiger partial charge in [-0.1, -0.05) is 47.1 Å². The molecular weight excluding hydrogens is 436 g/mol. The second-order valence-corrected chi connectivity index (χ2v) is 8.67. The van der Waals surface area contributed by atoms with E-state index in [-0.39, 0.29) is 0 Å². The number of nitrogens with zero attached hydrogens (tertiary/aromatic N) is 4. The van der Waals surface area contributed by atoms with Crippen molar-refractivity contribution in [3.8, 4) is 34.0 Å². The van der Waals surface area contributed by atoms with Crippen LogP contribution in [0.2, 0.25) is 5.02 Å². The lowest BCUT2D eigenvalue weighted by molar-refractivity contribution is 0.185.